The van der Waals surface area contributed by atoms with E-state index in [1.165, 1.54) is 17.2 Å². The van der Waals surface area contributed by atoms with Crippen molar-refractivity contribution in [2.45, 2.75) is 13.8 Å². The predicted molar refractivity (Wildman–Crippen MR) is 161 cm³/mol. The number of nitriles is 1. The Morgan fingerprint density at radius 2 is 1.10 bits per heavy atom. The van der Waals surface area contributed by atoms with Gasteiger partial charge >= 0.3 is 5.97 Å². The van der Waals surface area contributed by atoms with Crippen LogP contribution in [0.15, 0.2) is 115 Å². The van der Waals surface area contributed by atoms with Gasteiger partial charge in [0.05, 0.1) is 0 Å². The molecule has 0 saturated carbocycles. The van der Waals surface area contributed by atoms with Crippen molar-refractivity contribution in [3.8, 4) is 27.0 Å². The van der Waals surface area contributed by atoms with E-state index in [1.807, 2.05) is 24.3 Å². The Hall–Kier alpha value is -4.92. The van der Waals surface area contributed by atoms with Crippen molar-refractivity contribution in [2.24, 2.45) is 0 Å². The van der Waals surface area contributed by atoms with Gasteiger partial charge < -0.3 is 10.0 Å². The highest BCUT2D eigenvalue weighted by Gasteiger charge is 2.13. The standard InChI is InChI=1S/C34H26N2O2S/c1-23-3-13-29(14-4-23)36(30-15-5-24(2)6-16-30)31-17-11-27(12-18-31)33-20-19-32(39-33)26-9-7-25(8-10-26)21-28(22-35)34(37)38/h3-21H,1-2H3,(H,37,38)/b28-21-. The van der Waals surface area contributed by atoms with Crippen LogP contribution in [0.3, 0.4) is 0 Å². The first-order chi connectivity index (χ1) is 18.9. The summed E-state index contributed by atoms with van der Waals surface area (Å²) in [4.78, 5) is 15.6. The minimum atomic E-state index is -1.23. The number of carbonyl (C=O) groups is 1. The fourth-order valence-corrected chi connectivity index (χ4v) is 5.33. The van der Waals surface area contributed by atoms with E-state index >= 15 is 0 Å². The summed E-state index contributed by atoms with van der Waals surface area (Å²) in [5.74, 6) is -1.23. The minimum absolute atomic E-state index is 0.284. The Labute approximate surface area is 232 Å². The van der Waals surface area contributed by atoms with E-state index in [0.717, 1.165) is 37.9 Å². The van der Waals surface area contributed by atoms with Crippen molar-refractivity contribution in [3.05, 3.63) is 131 Å². The first kappa shape index (κ1) is 25.7. The molecule has 5 rings (SSSR count). The quantitative estimate of drug-likeness (QED) is 0.170. The van der Waals surface area contributed by atoms with Crippen LogP contribution in [0, 0.1) is 25.2 Å². The molecule has 190 valence electrons. The van der Waals surface area contributed by atoms with E-state index in [-0.39, 0.29) is 5.57 Å². The van der Waals surface area contributed by atoms with Gasteiger partial charge in [-0.3, -0.25) is 0 Å². The van der Waals surface area contributed by atoms with Crippen LogP contribution in [-0.4, -0.2) is 11.1 Å². The molecule has 1 aromatic heterocycles. The molecule has 5 aromatic rings. The highest BCUT2D eigenvalue weighted by atomic mass is 32.1. The number of aryl methyl sites for hydroxylation is 2. The van der Waals surface area contributed by atoms with Crippen LogP contribution in [0.1, 0.15) is 16.7 Å². The van der Waals surface area contributed by atoms with Gasteiger partial charge in [0.2, 0.25) is 0 Å². The molecular formula is C34H26N2O2S. The van der Waals surface area contributed by atoms with Gasteiger partial charge in [-0.05, 0) is 85.1 Å². The zero-order valence-electron chi connectivity index (χ0n) is 21.6. The van der Waals surface area contributed by atoms with Crippen LogP contribution in [0.4, 0.5) is 17.1 Å². The molecule has 0 unspecified atom stereocenters. The smallest absolute Gasteiger partial charge is 0.346 e. The molecule has 0 aliphatic heterocycles. The first-order valence-corrected chi connectivity index (χ1v) is 13.3. The van der Waals surface area contributed by atoms with Crippen LogP contribution < -0.4 is 4.90 Å². The monoisotopic (exact) mass is 526 g/mol. The summed E-state index contributed by atoms with van der Waals surface area (Å²) in [6, 6.07) is 39.3. The lowest BCUT2D eigenvalue weighted by Crippen LogP contribution is -2.09. The molecule has 0 radical (unpaired) electrons. The molecule has 0 amide bonds. The average molecular weight is 527 g/mol. The molecule has 0 bridgehead atoms. The molecule has 0 spiro atoms. The molecule has 0 aliphatic carbocycles. The summed E-state index contributed by atoms with van der Waals surface area (Å²) in [6.45, 7) is 4.19. The van der Waals surface area contributed by atoms with Crippen LogP contribution >= 0.6 is 11.3 Å². The zero-order valence-corrected chi connectivity index (χ0v) is 22.4. The molecule has 1 N–H and O–H groups in total. The Morgan fingerprint density at radius 1 is 0.692 bits per heavy atom. The number of nitrogens with zero attached hydrogens (tertiary/aromatic N) is 2. The predicted octanol–water partition coefficient (Wildman–Crippen LogP) is 9.16. The maximum Gasteiger partial charge on any atom is 0.346 e. The van der Waals surface area contributed by atoms with Gasteiger partial charge in [-0.15, -0.1) is 11.3 Å². The lowest BCUT2D eigenvalue weighted by atomic mass is 10.1. The van der Waals surface area contributed by atoms with Gasteiger partial charge in [-0.1, -0.05) is 71.8 Å². The van der Waals surface area contributed by atoms with E-state index < -0.39 is 5.97 Å². The van der Waals surface area contributed by atoms with Gasteiger partial charge in [-0.25, -0.2) is 4.79 Å². The Bertz CT molecular complexity index is 1630. The summed E-state index contributed by atoms with van der Waals surface area (Å²) < 4.78 is 0. The average Bonchev–Trinajstić information content (AvgIpc) is 3.45. The minimum Gasteiger partial charge on any atom is -0.477 e. The van der Waals surface area contributed by atoms with Gasteiger partial charge in [-0.2, -0.15) is 5.26 Å². The molecule has 0 saturated heterocycles. The molecule has 0 fully saturated rings. The summed E-state index contributed by atoms with van der Waals surface area (Å²) in [7, 11) is 0. The maximum atomic E-state index is 11.1. The first-order valence-electron chi connectivity index (χ1n) is 12.5. The van der Waals surface area contributed by atoms with E-state index in [0.29, 0.717) is 5.56 Å². The van der Waals surface area contributed by atoms with Crippen molar-refractivity contribution in [2.75, 3.05) is 4.90 Å². The third kappa shape index (κ3) is 5.82. The van der Waals surface area contributed by atoms with E-state index in [4.69, 9.17) is 10.4 Å². The van der Waals surface area contributed by atoms with Gasteiger partial charge in [0.15, 0.2) is 0 Å². The topological polar surface area (TPSA) is 64.3 Å². The fourth-order valence-electron chi connectivity index (χ4n) is 4.31. The Morgan fingerprint density at radius 3 is 1.51 bits per heavy atom. The molecule has 5 heteroatoms. The van der Waals surface area contributed by atoms with Gasteiger partial charge in [0.25, 0.3) is 0 Å². The zero-order chi connectivity index (χ0) is 27.4. The van der Waals surface area contributed by atoms with Gasteiger partial charge in [0.1, 0.15) is 11.6 Å². The second kappa shape index (κ2) is 11.2. The van der Waals surface area contributed by atoms with Crippen molar-refractivity contribution in [1.82, 2.24) is 0 Å². The lowest BCUT2D eigenvalue weighted by molar-refractivity contribution is -0.132. The van der Waals surface area contributed by atoms with Crippen molar-refractivity contribution in [1.29, 1.82) is 5.26 Å². The highest BCUT2D eigenvalue weighted by Crippen LogP contribution is 2.38. The summed E-state index contributed by atoms with van der Waals surface area (Å²) in [5.41, 5.74) is 8.34. The number of rotatable bonds is 7. The van der Waals surface area contributed by atoms with Crippen molar-refractivity contribution < 1.29 is 9.90 Å². The fraction of sp³-hybridized carbons (Fsp3) is 0.0588. The molecular weight excluding hydrogens is 500 g/mol. The third-order valence-electron chi connectivity index (χ3n) is 6.46. The van der Waals surface area contributed by atoms with Crippen LogP contribution in [0.5, 0.6) is 0 Å². The number of benzene rings is 4. The maximum absolute atomic E-state index is 11.1. The Kier molecular flexibility index (Phi) is 7.40. The summed E-state index contributed by atoms with van der Waals surface area (Å²) in [6.07, 6.45) is 1.38. The van der Waals surface area contributed by atoms with Crippen LogP contribution in [0.25, 0.3) is 27.0 Å². The lowest BCUT2D eigenvalue weighted by Gasteiger charge is -2.26. The normalized spacial score (nSPS) is 11.2. The summed E-state index contributed by atoms with van der Waals surface area (Å²) >= 11 is 1.70. The number of carboxylic acid groups (broad SMARTS) is 1. The largest absolute Gasteiger partial charge is 0.477 e. The molecule has 1 heterocycles. The van der Waals surface area contributed by atoms with E-state index in [9.17, 15) is 4.79 Å². The number of hydrogen-bond donors (Lipinski definition) is 1. The number of thiophene rings is 1. The van der Waals surface area contributed by atoms with Crippen LogP contribution in [-0.2, 0) is 4.79 Å². The number of hydrogen-bond acceptors (Lipinski definition) is 4. The SMILES string of the molecule is Cc1ccc(N(c2ccc(C)cc2)c2ccc(-c3ccc(-c4ccc(/C=C(/C#N)C(=O)O)cc4)s3)cc2)cc1. The van der Waals surface area contributed by atoms with Crippen molar-refractivity contribution >= 4 is 40.4 Å². The molecule has 0 atom stereocenters. The van der Waals surface area contributed by atoms with E-state index in [2.05, 4.69) is 104 Å². The number of carboxylic acids is 1. The molecule has 4 aromatic carbocycles. The molecule has 0 aliphatic rings. The number of anilines is 3. The third-order valence-corrected chi connectivity index (χ3v) is 7.64. The summed E-state index contributed by atoms with van der Waals surface area (Å²) in [5, 5.41) is 18.1. The van der Waals surface area contributed by atoms with Gasteiger partial charge in [0, 0.05) is 26.8 Å². The van der Waals surface area contributed by atoms with Crippen LogP contribution in [0.2, 0.25) is 0 Å². The molecule has 4 nitrogen and oxygen atoms in total. The van der Waals surface area contributed by atoms with Crippen molar-refractivity contribution in [3.63, 3.8) is 0 Å². The highest BCUT2D eigenvalue weighted by molar-refractivity contribution is 7.18. The molecule has 39 heavy (non-hydrogen) atoms. The second-order valence-electron chi connectivity index (χ2n) is 9.31. The Balaban J connectivity index is 1.40. The second-order valence-corrected chi connectivity index (χ2v) is 10.4. The van der Waals surface area contributed by atoms with E-state index in [1.54, 1.807) is 17.4 Å². The number of aliphatic carboxylic acids is 1.